The summed E-state index contributed by atoms with van der Waals surface area (Å²) < 4.78 is 0. The Morgan fingerprint density at radius 1 is 0.833 bits per heavy atom. The summed E-state index contributed by atoms with van der Waals surface area (Å²) in [4.78, 5) is 0. The Balaban J connectivity index is 0.000000720. The lowest BCUT2D eigenvalue weighted by molar-refractivity contribution is 1.53. The number of hydrogen-bond donors (Lipinski definition) is 0. The topological polar surface area (TPSA) is 0 Å². The molecule has 0 amide bonds. The van der Waals surface area contributed by atoms with Gasteiger partial charge in [-0.25, -0.2) is 0 Å². The fourth-order valence-electron chi connectivity index (χ4n) is 1.39. The van der Waals surface area contributed by atoms with Crippen LogP contribution < -0.4 is 0 Å². The molecule has 0 unspecified atom stereocenters. The SMILES string of the molecule is Cc1cccc2ccccc12.Cl. The molecule has 0 atom stereocenters. The molecule has 0 aliphatic rings. The summed E-state index contributed by atoms with van der Waals surface area (Å²) in [6.07, 6.45) is 0. The van der Waals surface area contributed by atoms with Crippen molar-refractivity contribution in [1.29, 1.82) is 0 Å². The molecule has 12 heavy (non-hydrogen) atoms. The predicted octanol–water partition coefficient (Wildman–Crippen LogP) is 3.57. The number of benzene rings is 2. The molecule has 0 radical (unpaired) electrons. The lowest BCUT2D eigenvalue weighted by atomic mass is 10.1. The lowest BCUT2D eigenvalue weighted by Crippen LogP contribution is -1.75. The summed E-state index contributed by atoms with van der Waals surface area (Å²) in [5.41, 5.74) is 1.35. The molecule has 62 valence electrons. The van der Waals surface area contributed by atoms with Crippen molar-refractivity contribution in [2.24, 2.45) is 0 Å². The van der Waals surface area contributed by atoms with Gasteiger partial charge in [0.25, 0.3) is 0 Å². The van der Waals surface area contributed by atoms with Crippen LogP contribution in [0, 0.1) is 6.92 Å². The van der Waals surface area contributed by atoms with Gasteiger partial charge in [0, 0.05) is 0 Å². The van der Waals surface area contributed by atoms with Crippen LogP contribution in [0.4, 0.5) is 0 Å². The predicted molar refractivity (Wildman–Crippen MR) is 55.9 cm³/mol. The minimum absolute atomic E-state index is 0. The molecule has 0 nitrogen and oxygen atoms in total. The second kappa shape index (κ2) is 3.59. The van der Waals surface area contributed by atoms with Crippen molar-refractivity contribution in [2.45, 2.75) is 6.92 Å². The molecule has 0 heterocycles. The van der Waals surface area contributed by atoms with E-state index >= 15 is 0 Å². The Labute approximate surface area is 78.6 Å². The fourth-order valence-corrected chi connectivity index (χ4v) is 1.39. The Kier molecular flexibility index (Phi) is 2.72. The van der Waals surface area contributed by atoms with Gasteiger partial charge in [0.2, 0.25) is 0 Å². The number of rotatable bonds is 0. The second-order valence-corrected chi connectivity index (χ2v) is 2.80. The van der Waals surface area contributed by atoms with Gasteiger partial charge in [-0.1, -0.05) is 42.5 Å². The molecule has 0 fully saturated rings. The van der Waals surface area contributed by atoms with E-state index in [1.54, 1.807) is 0 Å². The smallest absolute Gasteiger partial charge is 0.0155 e. The Morgan fingerprint density at radius 2 is 1.50 bits per heavy atom. The molecule has 2 aromatic rings. The fraction of sp³-hybridized carbons (Fsp3) is 0.0909. The number of aryl methyl sites for hydroxylation is 1. The van der Waals surface area contributed by atoms with Gasteiger partial charge >= 0.3 is 0 Å². The molecule has 2 aromatic carbocycles. The van der Waals surface area contributed by atoms with Crippen molar-refractivity contribution < 1.29 is 0 Å². The summed E-state index contributed by atoms with van der Waals surface area (Å²) in [6.45, 7) is 2.14. The summed E-state index contributed by atoms with van der Waals surface area (Å²) in [5, 5.41) is 2.68. The highest BCUT2D eigenvalue weighted by atomic mass is 35.5. The first-order chi connectivity index (χ1) is 5.38. The van der Waals surface area contributed by atoms with Gasteiger partial charge in [0.05, 0.1) is 0 Å². The molecule has 0 aliphatic heterocycles. The maximum absolute atomic E-state index is 2.16. The average molecular weight is 179 g/mol. The molecular weight excluding hydrogens is 168 g/mol. The second-order valence-electron chi connectivity index (χ2n) is 2.80. The third-order valence-corrected chi connectivity index (χ3v) is 2.01. The summed E-state index contributed by atoms with van der Waals surface area (Å²) >= 11 is 0. The first-order valence-corrected chi connectivity index (χ1v) is 3.82. The van der Waals surface area contributed by atoms with Crippen LogP contribution in [-0.2, 0) is 0 Å². The van der Waals surface area contributed by atoms with Crippen molar-refractivity contribution in [3.63, 3.8) is 0 Å². The molecule has 0 aromatic heterocycles. The Hall–Kier alpha value is -1.01. The molecule has 2 rings (SSSR count). The van der Waals surface area contributed by atoms with E-state index in [-0.39, 0.29) is 12.4 Å². The van der Waals surface area contributed by atoms with E-state index in [4.69, 9.17) is 0 Å². The zero-order chi connectivity index (χ0) is 7.68. The maximum Gasteiger partial charge on any atom is -0.0155 e. The molecular formula is C11H11Cl. The molecule has 0 saturated carbocycles. The minimum Gasteiger partial charge on any atom is -0.147 e. The summed E-state index contributed by atoms with van der Waals surface area (Å²) in [5.74, 6) is 0. The van der Waals surface area contributed by atoms with Crippen LogP contribution in [0.2, 0.25) is 0 Å². The van der Waals surface area contributed by atoms with Crippen LogP contribution in [0.3, 0.4) is 0 Å². The number of hydrogen-bond acceptors (Lipinski definition) is 0. The quantitative estimate of drug-likeness (QED) is 0.579. The van der Waals surface area contributed by atoms with Crippen LogP contribution in [0.25, 0.3) is 10.8 Å². The van der Waals surface area contributed by atoms with Crippen LogP contribution >= 0.6 is 12.4 Å². The highest BCUT2D eigenvalue weighted by Gasteiger charge is 1.91. The van der Waals surface area contributed by atoms with Gasteiger partial charge < -0.3 is 0 Å². The molecule has 0 spiro atoms. The highest BCUT2D eigenvalue weighted by Crippen LogP contribution is 2.16. The van der Waals surface area contributed by atoms with E-state index in [2.05, 4.69) is 49.4 Å². The average Bonchev–Trinajstić information content (AvgIpc) is 2.06. The maximum atomic E-state index is 2.16. The Bertz CT molecular complexity index is 374. The first-order valence-electron chi connectivity index (χ1n) is 3.82. The van der Waals surface area contributed by atoms with E-state index in [0.29, 0.717) is 0 Å². The zero-order valence-electron chi connectivity index (χ0n) is 6.95. The standard InChI is InChI=1S/C11H10.ClH/c1-9-5-4-7-10-6-2-3-8-11(9)10;/h2-8H,1H3;1H. The molecule has 0 saturated heterocycles. The largest absolute Gasteiger partial charge is 0.147 e. The third kappa shape index (κ3) is 1.44. The van der Waals surface area contributed by atoms with E-state index in [0.717, 1.165) is 0 Å². The van der Waals surface area contributed by atoms with Crippen molar-refractivity contribution in [2.75, 3.05) is 0 Å². The van der Waals surface area contributed by atoms with E-state index in [1.165, 1.54) is 16.3 Å². The van der Waals surface area contributed by atoms with E-state index < -0.39 is 0 Å². The van der Waals surface area contributed by atoms with Crippen LogP contribution in [0.1, 0.15) is 5.56 Å². The minimum atomic E-state index is 0. The van der Waals surface area contributed by atoms with Gasteiger partial charge in [-0.15, -0.1) is 12.4 Å². The lowest BCUT2D eigenvalue weighted by Gasteiger charge is -1.98. The Morgan fingerprint density at radius 3 is 2.25 bits per heavy atom. The number of fused-ring (bicyclic) bond motifs is 1. The van der Waals surface area contributed by atoms with Gasteiger partial charge in [0.15, 0.2) is 0 Å². The molecule has 1 heteroatoms. The summed E-state index contributed by atoms with van der Waals surface area (Å²) in [6, 6.07) is 14.8. The van der Waals surface area contributed by atoms with E-state index in [9.17, 15) is 0 Å². The van der Waals surface area contributed by atoms with Crippen molar-refractivity contribution >= 4 is 23.2 Å². The normalized spacial score (nSPS) is 9.42. The van der Waals surface area contributed by atoms with Gasteiger partial charge in [-0.3, -0.25) is 0 Å². The van der Waals surface area contributed by atoms with Crippen LogP contribution in [0.5, 0.6) is 0 Å². The monoisotopic (exact) mass is 178 g/mol. The van der Waals surface area contributed by atoms with Crippen molar-refractivity contribution in [1.82, 2.24) is 0 Å². The first kappa shape index (κ1) is 9.08. The molecule has 0 bridgehead atoms. The molecule has 0 aliphatic carbocycles. The van der Waals surface area contributed by atoms with Gasteiger partial charge in [0.1, 0.15) is 0 Å². The molecule has 0 N–H and O–H groups in total. The zero-order valence-corrected chi connectivity index (χ0v) is 7.77. The van der Waals surface area contributed by atoms with Gasteiger partial charge in [-0.2, -0.15) is 0 Å². The van der Waals surface area contributed by atoms with Crippen LogP contribution in [-0.4, -0.2) is 0 Å². The summed E-state index contributed by atoms with van der Waals surface area (Å²) in [7, 11) is 0. The van der Waals surface area contributed by atoms with Gasteiger partial charge in [-0.05, 0) is 23.3 Å². The van der Waals surface area contributed by atoms with Crippen molar-refractivity contribution in [3.05, 3.63) is 48.0 Å². The third-order valence-electron chi connectivity index (χ3n) is 2.01. The van der Waals surface area contributed by atoms with E-state index in [1.807, 2.05) is 0 Å². The highest BCUT2D eigenvalue weighted by molar-refractivity contribution is 5.85. The van der Waals surface area contributed by atoms with Crippen LogP contribution in [0.15, 0.2) is 42.5 Å². The van der Waals surface area contributed by atoms with Crippen molar-refractivity contribution in [3.8, 4) is 0 Å². The number of halogens is 1.